The van der Waals surface area contributed by atoms with Crippen LogP contribution in [0.3, 0.4) is 0 Å². The van der Waals surface area contributed by atoms with E-state index in [1.165, 1.54) is 0 Å². The number of carbonyl (C=O) groups excluding carboxylic acids is 2. The highest BCUT2D eigenvalue weighted by Crippen LogP contribution is 2.27. The Morgan fingerprint density at radius 2 is 1.48 bits per heavy atom. The number of amides is 2. The van der Waals surface area contributed by atoms with Crippen LogP contribution in [0.1, 0.15) is 46.8 Å². The van der Waals surface area contributed by atoms with Crippen LogP contribution in [-0.2, 0) is 4.79 Å². The fraction of sp³-hybridized carbons (Fsp3) is 0.231. The molecule has 3 aromatic carbocycles. The number of nitrogens with one attached hydrogen (secondary N) is 2. The smallest absolute Gasteiger partial charge is 0.262 e. The Balaban J connectivity index is 1.56. The highest BCUT2D eigenvalue weighted by Gasteiger charge is 2.11. The first kappa shape index (κ1) is 22.1. The van der Waals surface area contributed by atoms with E-state index >= 15 is 0 Å². The topological polar surface area (TPSA) is 67.4 Å². The largest absolute Gasteiger partial charge is 0.483 e. The average Bonchev–Trinajstić information content (AvgIpc) is 2.73. The molecule has 0 bridgehead atoms. The predicted octanol–water partition coefficient (Wildman–Crippen LogP) is 5.70. The van der Waals surface area contributed by atoms with Crippen molar-refractivity contribution < 1.29 is 14.3 Å². The summed E-state index contributed by atoms with van der Waals surface area (Å²) >= 11 is 0. The molecule has 2 amide bonds. The summed E-state index contributed by atoms with van der Waals surface area (Å²) in [5.41, 5.74) is 5.08. The third kappa shape index (κ3) is 6.19. The number of aryl methyl sites for hydroxylation is 2. The third-order valence-corrected chi connectivity index (χ3v) is 4.86. The summed E-state index contributed by atoms with van der Waals surface area (Å²) in [5.74, 6) is 0.626. The van der Waals surface area contributed by atoms with E-state index in [9.17, 15) is 9.59 Å². The highest BCUT2D eigenvalue weighted by atomic mass is 16.5. The van der Waals surface area contributed by atoms with Gasteiger partial charge in [0.2, 0.25) is 0 Å². The molecule has 0 atom stereocenters. The van der Waals surface area contributed by atoms with E-state index in [2.05, 4.69) is 24.5 Å². The summed E-state index contributed by atoms with van der Waals surface area (Å²) in [7, 11) is 0. The molecule has 0 aliphatic heterocycles. The molecule has 0 radical (unpaired) electrons. The van der Waals surface area contributed by atoms with Crippen LogP contribution in [0.15, 0.2) is 66.7 Å². The summed E-state index contributed by atoms with van der Waals surface area (Å²) in [5, 5.41) is 5.68. The lowest BCUT2D eigenvalue weighted by atomic mass is 10.0. The zero-order valence-electron chi connectivity index (χ0n) is 18.4. The van der Waals surface area contributed by atoms with Crippen molar-refractivity contribution in [1.29, 1.82) is 0 Å². The second-order valence-corrected chi connectivity index (χ2v) is 7.93. The molecule has 31 heavy (non-hydrogen) atoms. The van der Waals surface area contributed by atoms with E-state index in [1.807, 2.05) is 50.2 Å². The van der Waals surface area contributed by atoms with Crippen LogP contribution in [-0.4, -0.2) is 18.4 Å². The van der Waals surface area contributed by atoms with Gasteiger partial charge in [-0.2, -0.15) is 0 Å². The van der Waals surface area contributed by atoms with E-state index in [0.717, 1.165) is 22.4 Å². The molecular formula is C26H28N2O3. The van der Waals surface area contributed by atoms with Crippen LogP contribution >= 0.6 is 0 Å². The summed E-state index contributed by atoms with van der Waals surface area (Å²) < 4.78 is 5.78. The minimum atomic E-state index is -0.243. The van der Waals surface area contributed by atoms with Gasteiger partial charge in [-0.25, -0.2) is 0 Å². The van der Waals surface area contributed by atoms with Gasteiger partial charge in [0.15, 0.2) is 6.61 Å². The number of benzene rings is 3. The zero-order chi connectivity index (χ0) is 22.4. The van der Waals surface area contributed by atoms with E-state index in [-0.39, 0.29) is 18.4 Å². The van der Waals surface area contributed by atoms with Crippen molar-refractivity contribution in [2.45, 2.75) is 33.6 Å². The number of rotatable bonds is 7. The second kappa shape index (κ2) is 9.94. The maximum atomic E-state index is 12.4. The Morgan fingerprint density at radius 1 is 0.839 bits per heavy atom. The number of hydrogen-bond acceptors (Lipinski definition) is 3. The molecule has 0 heterocycles. The van der Waals surface area contributed by atoms with Crippen molar-refractivity contribution in [2.24, 2.45) is 0 Å². The second-order valence-electron chi connectivity index (χ2n) is 7.93. The SMILES string of the molecule is Cc1cccc(C(=O)Nc2ccc(NC(=O)COc3cc(C)ccc3C(C)C)cc2)c1. The Bertz CT molecular complexity index is 1070. The van der Waals surface area contributed by atoms with Gasteiger partial charge in [-0.1, -0.05) is 43.7 Å². The van der Waals surface area contributed by atoms with Gasteiger partial charge in [-0.15, -0.1) is 0 Å². The van der Waals surface area contributed by atoms with Crippen LogP contribution in [0.4, 0.5) is 11.4 Å². The molecule has 3 aromatic rings. The van der Waals surface area contributed by atoms with E-state index in [4.69, 9.17) is 4.74 Å². The van der Waals surface area contributed by atoms with Crippen molar-refractivity contribution in [3.8, 4) is 5.75 Å². The lowest BCUT2D eigenvalue weighted by molar-refractivity contribution is -0.118. The summed E-state index contributed by atoms with van der Waals surface area (Å²) in [4.78, 5) is 24.7. The lowest BCUT2D eigenvalue weighted by Crippen LogP contribution is -2.20. The monoisotopic (exact) mass is 416 g/mol. The normalized spacial score (nSPS) is 10.6. The fourth-order valence-electron chi connectivity index (χ4n) is 3.21. The minimum absolute atomic E-state index is 0.0744. The van der Waals surface area contributed by atoms with Gasteiger partial charge >= 0.3 is 0 Å². The average molecular weight is 417 g/mol. The van der Waals surface area contributed by atoms with E-state index in [0.29, 0.717) is 22.9 Å². The van der Waals surface area contributed by atoms with Crippen molar-refractivity contribution in [2.75, 3.05) is 17.2 Å². The molecule has 0 aliphatic rings. The first-order valence-electron chi connectivity index (χ1n) is 10.3. The fourth-order valence-corrected chi connectivity index (χ4v) is 3.21. The standard InChI is InChI=1S/C26H28N2O3/c1-17(2)23-13-8-19(4)15-24(23)31-16-25(29)27-21-9-11-22(12-10-21)28-26(30)20-7-5-6-18(3)14-20/h5-15,17H,16H2,1-4H3,(H,27,29)(H,28,30). The quantitative estimate of drug-likeness (QED) is 0.519. The van der Waals surface area contributed by atoms with Crippen LogP contribution in [0, 0.1) is 13.8 Å². The van der Waals surface area contributed by atoms with Crippen LogP contribution in [0.25, 0.3) is 0 Å². The molecular weight excluding hydrogens is 388 g/mol. The Morgan fingerprint density at radius 3 is 2.13 bits per heavy atom. The first-order valence-corrected chi connectivity index (χ1v) is 10.3. The molecule has 5 heteroatoms. The van der Waals surface area contributed by atoms with Gasteiger partial charge in [-0.05, 0) is 73.4 Å². The van der Waals surface area contributed by atoms with Gasteiger partial charge in [0.25, 0.3) is 11.8 Å². The van der Waals surface area contributed by atoms with Crippen molar-refractivity contribution in [3.05, 3.63) is 89.0 Å². The molecule has 5 nitrogen and oxygen atoms in total. The zero-order valence-corrected chi connectivity index (χ0v) is 18.4. The maximum Gasteiger partial charge on any atom is 0.262 e. The molecule has 0 saturated carbocycles. The van der Waals surface area contributed by atoms with Gasteiger partial charge in [0.1, 0.15) is 5.75 Å². The first-order chi connectivity index (χ1) is 14.8. The van der Waals surface area contributed by atoms with Gasteiger partial charge in [0, 0.05) is 16.9 Å². The number of hydrogen-bond donors (Lipinski definition) is 2. The molecule has 3 rings (SSSR count). The highest BCUT2D eigenvalue weighted by molar-refractivity contribution is 6.04. The number of anilines is 2. The van der Waals surface area contributed by atoms with Gasteiger partial charge in [-0.3, -0.25) is 9.59 Å². The number of carbonyl (C=O) groups is 2. The summed E-state index contributed by atoms with van der Waals surface area (Å²) in [6, 6.07) is 20.4. The van der Waals surface area contributed by atoms with Crippen LogP contribution in [0.2, 0.25) is 0 Å². The molecule has 0 fully saturated rings. The third-order valence-electron chi connectivity index (χ3n) is 4.86. The Kier molecular flexibility index (Phi) is 7.08. The predicted molar refractivity (Wildman–Crippen MR) is 125 cm³/mol. The summed E-state index contributed by atoms with van der Waals surface area (Å²) in [6.45, 7) is 8.06. The van der Waals surface area contributed by atoms with Crippen molar-refractivity contribution in [1.82, 2.24) is 0 Å². The maximum absolute atomic E-state index is 12.4. The minimum Gasteiger partial charge on any atom is -0.483 e. The van der Waals surface area contributed by atoms with Crippen molar-refractivity contribution >= 4 is 23.2 Å². The summed E-state index contributed by atoms with van der Waals surface area (Å²) in [6.07, 6.45) is 0. The Labute approximate surface area is 183 Å². The van der Waals surface area contributed by atoms with E-state index in [1.54, 1.807) is 30.3 Å². The molecule has 0 saturated heterocycles. The molecule has 0 spiro atoms. The van der Waals surface area contributed by atoms with Crippen LogP contribution in [0.5, 0.6) is 5.75 Å². The van der Waals surface area contributed by atoms with E-state index < -0.39 is 0 Å². The molecule has 0 aromatic heterocycles. The molecule has 160 valence electrons. The van der Waals surface area contributed by atoms with Gasteiger partial charge in [0.05, 0.1) is 0 Å². The van der Waals surface area contributed by atoms with Crippen molar-refractivity contribution in [3.63, 3.8) is 0 Å². The lowest BCUT2D eigenvalue weighted by Gasteiger charge is -2.15. The molecule has 0 unspecified atom stereocenters. The van der Waals surface area contributed by atoms with Crippen LogP contribution < -0.4 is 15.4 Å². The Hall–Kier alpha value is -3.60. The number of ether oxygens (including phenoxy) is 1. The van der Waals surface area contributed by atoms with Gasteiger partial charge < -0.3 is 15.4 Å². The molecule has 0 aliphatic carbocycles. The molecule has 2 N–H and O–H groups in total.